The van der Waals surface area contributed by atoms with E-state index in [0.717, 1.165) is 11.6 Å². The highest BCUT2D eigenvalue weighted by Crippen LogP contribution is 2.28. The maximum atomic E-state index is 15.1. The third-order valence-electron chi connectivity index (χ3n) is 7.80. The first-order valence-corrected chi connectivity index (χ1v) is 15.5. The largest absolute Gasteiger partial charge is 0.478 e. The first kappa shape index (κ1) is 33.0. The maximum Gasteiger partial charge on any atom is 0.337 e. The van der Waals surface area contributed by atoms with E-state index in [1.54, 1.807) is 64.5 Å². The molecular formula is C33H25FN14O4. The highest BCUT2D eigenvalue weighted by molar-refractivity contribution is 6.07. The molecule has 0 unspecified atom stereocenters. The van der Waals surface area contributed by atoms with Crippen molar-refractivity contribution in [2.75, 3.05) is 10.6 Å². The predicted molar refractivity (Wildman–Crippen MR) is 179 cm³/mol. The van der Waals surface area contributed by atoms with Crippen LogP contribution in [-0.4, -0.2) is 83.0 Å². The lowest BCUT2D eigenvalue weighted by molar-refractivity contribution is 0.0697. The van der Waals surface area contributed by atoms with Crippen LogP contribution in [0.4, 0.5) is 15.8 Å². The summed E-state index contributed by atoms with van der Waals surface area (Å²) in [6.45, 7) is 0. The zero-order valence-corrected chi connectivity index (χ0v) is 26.8. The van der Waals surface area contributed by atoms with E-state index in [9.17, 15) is 19.5 Å². The summed E-state index contributed by atoms with van der Waals surface area (Å²) in [5, 5.41) is 45.2. The Bertz CT molecular complexity index is 2350. The highest BCUT2D eigenvalue weighted by Gasteiger charge is 2.20. The summed E-state index contributed by atoms with van der Waals surface area (Å²) < 4.78 is 18.4. The van der Waals surface area contributed by atoms with Crippen LogP contribution in [0.15, 0.2) is 92.0 Å². The van der Waals surface area contributed by atoms with Crippen molar-refractivity contribution >= 4 is 29.2 Å². The van der Waals surface area contributed by atoms with Crippen molar-refractivity contribution in [1.29, 1.82) is 0 Å². The smallest absolute Gasteiger partial charge is 0.337 e. The summed E-state index contributed by atoms with van der Waals surface area (Å²) >= 11 is 0. The molecule has 2 aromatic carbocycles. The van der Waals surface area contributed by atoms with Crippen molar-refractivity contribution in [2.45, 2.75) is 19.3 Å². The van der Waals surface area contributed by atoms with Crippen LogP contribution in [0.1, 0.15) is 48.9 Å². The number of carboxylic acids is 1. The summed E-state index contributed by atoms with van der Waals surface area (Å²) in [5.74, 6) is -2.24. The van der Waals surface area contributed by atoms with E-state index >= 15 is 4.39 Å². The molecule has 0 aliphatic heterocycles. The molecule has 2 amide bonds. The van der Waals surface area contributed by atoms with Crippen LogP contribution in [0.5, 0.6) is 0 Å². The number of aromatic nitrogens is 12. The van der Waals surface area contributed by atoms with Gasteiger partial charge in [0.1, 0.15) is 18.5 Å². The van der Waals surface area contributed by atoms with Crippen molar-refractivity contribution in [3.05, 3.63) is 126 Å². The van der Waals surface area contributed by atoms with E-state index < -0.39 is 29.2 Å². The first-order chi connectivity index (χ1) is 25.3. The number of aromatic carboxylic acids is 1. The molecule has 18 nitrogen and oxygen atoms in total. The van der Waals surface area contributed by atoms with Crippen molar-refractivity contribution in [2.24, 2.45) is 0 Å². The van der Waals surface area contributed by atoms with E-state index in [0.29, 0.717) is 35.7 Å². The topological polar surface area (TPSA) is 237 Å². The molecule has 0 fully saturated rings. The Hall–Kier alpha value is -7.57. The Kier molecular flexibility index (Phi) is 9.19. The SMILES string of the molecule is O=C(Nc1cc(CCCc2ccc(-c3nn[nH]n3)c(NC(=O)c3ccc(-n4ccnc4)nn3)c2)c(F)cc1C(=O)O)c1ccc(-n2ccnc2)nn1. The predicted octanol–water partition coefficient (Wildman–Crippen LogP) is 3.34. The van der Waals surface area contributed by atoms with Crippen LogP contribution in [-0.2, 0) is 12.8 Å². The second-order valence-corrected chi connectivity index (χ2v) is 11.2. The number of anilines is 2. The number of carbonyl (C=O) groups is 3. The second-order valence-electron chi connectivity index (χ2n) is 11.2. The number of halogens is 1. The number of carbonyl (C=O) groups excluding carboxylic acids is 2. The molecule has 4 N–H and O–H groups in total. The van der Waals surface area contributed by atoms with Crippen LogP contribution in [0.25, 0.3) is 23.0 Å². The number of aromatic amines is 1. The third-order valence-corrected chi connectivity index (χ3v) is 7.80. The van der Waals surface area contributed by atoms with Crippen LogP contribution in [0, 0.1) is 5.82 Å². The van der Waals surface area contributed by atoms with E-state index in [4.69, 9.17) is 0 Å². The van der Waals surface area contributed by atoms with E-state index in [2.05, 4.69) is 61.6 Å². The molecule has 0 saturated carbocycles. The Morgan fingerprint density at radius 1 is 0.750 bits per heavy atom. The van der Waals surface area contributed by atoms with Crippen molar-refractivity contribution in [3.63, 3.8) is 0 Å². The number of carboxylic acid groups (broad SMARTS) is 1. The van der Waals surface area contributed by atoms with Gasteiger partial charge in [0, 0.05) is 30.4 Å². The summed E-state index contributed by atoms with van der Waals surface area (Å²) in [4.78, 5) is 46.0. The molecule has 7 aromatic rings. The van der Waals surface area contributed by atoms with Crippen LogP contribution in [0.2, 0.25) is 0 Å². The number of imidazole rings is 2. The molecular weight excluding hydrogens is 675 g/mol. The number of rotatable bonds is 12. The van der Waals surface area contributed by atoms with Crippen LogP contribution >= 0.6 is 0 Å². The number of H-pyrrole nitrogens is 1. The summed E-state index contributed by atoms with van der Waals surface area (Å²) in [7, 11) is 0. The lowest BCUT2D eigenvalue weighted by atomic mass is 9.99. The maximum absolute atomic E-state index is 15.1. The molecule has 52 heavy (non-hydrogen) atoms. The van der Waals surface area contributed by atoms with Crippen molar-refractivity contribution in [1.82, 2.24) is 60.1 Å². The molecule has 0 spiro atoms. The van der Waals surface area contributed by atoms with Gasteiger partial charge < -0.3 is 15.7 Å². The monoisotopic (exact) mass is 700 g/mol. The van der Waals surface area contributed by atoms with Gasteiger partial charge in [0.05, 0.1) is 16.9 Å². The molecule has 19 heteroatoms. The summed E-state index contributed by atoms with van der Waals surface area (Å²) in [5.41, 5.74) is 1.33. The van der Waals surface area contributed by atoms with Crippen LogP contribution in [0.3, 0.4) is 0 Å². The Labute approximate surface area is 291 Å². The average Bonchev–Trinajstić information content (AvgIpc) is 3.98. The molecule has 0 radical (unpaired) electrons. The number of nitrogens with one attached hydrogen (secondary N) is 3. The van der Waals surface area contributed by atoms with Crippen LogP contribution < -0.4 is 10.6 Å². The lowest BCUT2D eigenvalue weighted by Crippen LogP contribution is -2.18. The third kappa shape index (κ3) is 7.22. The summed E-state index contributed by atoms with van der Waals surface area (Å²) in [6, 6.07) is 13.6. The minimum Gasteiger partial charge on any atom is -0.478 e. The zero-order chi connectivity index (χ0) is 36.0. The minimum absolute atomic E-state index is 0.0649. The standard InChI is InChI=1S/C33H25FN14O4/c34-23-16-22(33(51)52)27(38-32(50)25-7-9-29(42-40-25)48-13-11-36-18-48)15-20(23)3-1-2-19-4-5-21(30-43-45-46-44-30)26(14-19)37-31(49)24-6-8-28(41-39-24)47-12-10-35-17-47/h4-18H,1-3H2,(H,37,49)(H,38,50)(H,51,52)(H,43,44,45,46). The second kappa shape index (κ2) is 14.5. The fourth-order valence-electron chi connectivity index (χ4n) is 5.22. The fraction of sp³-hybridized carbons (Fsp3) is 0.0909. The van der Waals surface area contributed by atoms with E-state index in [1.807, 2.05) is 6.07 Å². The lowest BCUT2D eigenvalue weighted by Gasteiger charge is -2.13. The quantitative estimate of drug-likeness (QED) is 0.143. The Morgan fingerprint density at radius 3 is 1.94 bits per heavy atom. The zero-order valence-electron chi connectivity index (χ0n) is 26.8. The number of aryl methyl sites for hydroxylation is 2. The number of benzene rings is 2. The van der Waals surface area contributed by atoms with Gasteiger partial charge in [0.25, 0.3) is 11.8 Å². The van der Waals surface area contributed by atoms with Gasteiger partial charge in [-0.1, -0.05) is 6.07 Å². The fourth-order valence-corrected chi connectivity index (χ4v) is 5.22. The van der Waals surface area contributed by atoms with E-state index in [-0.39, 0.29) is 34.9 Å². The normalized spacial score (nSPS) is 10.9. The molecule has 0 aliphatic carbocycles. The number of nitrogens with zero attached hydrogens (tertiary/aromatic N) is 11. The number of hydrogen-bond donors (Lipinski definition) is 4. The molecule has 5 aromatic heterocycles. The molecule has 0 bridgehead atoms. The minimum atomic E-state index is -1.42. The summed E-state index contributed by atoms with van der Waals surface area (Å²) in [6.07, 6.45) is 10.7. The van der Waals surface area contributed by atoms with Gasteiger partial charge in [-0.15, -0.1) is 30.6 Å². The van der Waals surface area contributed by atoms with Gasteiger partial charge in [-0.2, -0.15) is 5.21 Å². The van der Waals surface area contributed by atoms with Gasteiger partial charge in [0.15, 0.2) is 23.0 Å². The van der Waals surface area contributed by atoms with E-state index in [1.165, 1.54) is 24.5 Å². The molecule has 258 valence electrons. The van der Waals surface area contributed by atoms with Gasteiger partial charge in [0.2, 0.25) is 5.82 Å². The van der Waals surface area contributed by atoms with Gasteiger partial charge >= 0.3 is 5.97 Å². The Balaban J connectivity index is 1.05. The van der Waals surface area contributed by atoms with Crippen molar-refractivity contribution in [3.8, 4) is 23.0 Å². The van der Waals surface area contributed by atoms with Gasteiger partial charge in [-0.05, 0) is 84.1 Å². The Morgan fingerprint density at radius 2 is 1.40 bits per heavy atom. The number of tetrazole rings is 1. The first-order valence-electron chi connectivity index (χ1n) is 15.5. The molecule has 0 atom stereocenters. The molecule has 7 rings (SSSR count). The molecule has 0 saturated heterocycles. The highest BCUT2D eigenvalue weighted by atomic mass is 19.1. The number of hydrogen-bond acceptors (Lipinski definition) is 12. The average molecular weight is 701 g/mol. The van der Waals surface area contributed by atoms with Crippen molar-refractivity contribution < 1.29 is 23.9 Å². The molecule has 0 aliphatic rings. The van der Waals surface area contributed by atoms with Gasteiger partial charge in [-0.25, -0.2) is 19.2 Å². The number of amides is 2. The molecule has 5 heterocycles. The van der Waals surface area contributed by atoms with Gasteiger partial charge in [-0.3, -0.25) is 18.7 Å².